The lowest BCUT2D eigenvalue weighted by Crippen LogP contribution is -2.52. The summed E-state index contributed by atoms with van der Waals surface area (Å²) >= 11 is 0. The Morgan fingerprint density at radius 3 is 2.65 bits per heavy atom. The van der Waals surface area contributed by atoms with Gasteiger partial charge in [-0.1, -0.05) is 13.8 Å². The van der Waals surface area contributed by atoms with Crippen LogP contribution < -0.4 is 5.73 Å². The molecule has 2 N–H and O–H groups in total. The first kappa shape index (κ1) is 17.9. The van der Waals surface area contributed by atoms with Crippen molar-refractivity contribution >= 4 is 12.4 Å². The number of hydrogen-bond donors (Lipinski definition) is 1. The summed E-state index contributed by atoms with van der Waals surface area (Å²) in [5.74, 6) is 0. The summed E-state index contributed by atoms with van der Waals surface area (Å²) < 4.78 is 1.89. The predicted molar refractivity (Wildman–Crippen MR) is 95.3 cm³/mol. The van der Waals surface area contributed by atoms with Gasteiger partial charge in [-0.05, 0) is 24.0 Å². The van der Waals surface area contributed by atoms with Crippen LogP contribution in [0.25, 0.3) is 11.3 Å². The molecule has 6 heteroatoms. The molecular weight excluding hydrogens is 310 g/mol. The molecule has 5 nitrogen and oxygen atoms in total. The van der Waals surface area contributed by atoms with Crippen LogP contribution in [0.1, 0.15) is 25.8 Å². The van der Waals surface area contributed by atoms with Crippen LogP contribution in [0.3, 0.4) is 0 Å². The first-order valence-electron chi connectivity index (χ1n) is 7.86. The Morgan fingerprint density at radius 2 is 2.00 bits per heavy atom. The van der Waals surface area contributed by atoms with Gasteiger partial charge in [-0.3, -0.25) is 14.6 Å². The summed E-state index contributed by atoms with van der Waals surface area (Å²) in [5, 5.41) is 4.64. The Morgan fingerprint density at radius 1 is 1.30 bits per heavy atom. The Balaban J connectivity index is 0.00000192. The largest absolute Gasteiger partial charge is 0.327 e. The SMILES string of the molecule is Cl.Cn1cc(CN2CCC(N)C(C)(C)C2)c(-c2ccncc2)n1. The monoisotopic (exact) mass is 335 g/mol. The minimum Gasteiger partial charge on any atom is -0.327 e. The summed E-state index contributed by atoms with van der Waals surface area (Å²) in [6.07, 6.45) is 6.81. The highest BCUT2D eigenvalue weighted by Gasteiger charge is 2.33. The molecule has 1 aliphatic rings. The molecule has 0 amide bonds. The highest BCUT2D eigenvalue weighted by atomic mass is 35.5. The number of aromatic nitrogens is 3. The fraction of sp³-hybridized carbons (Fsp3) is 0.529. The van der Waals surface area contributed by atoms with Crippen molar-refractivity contribution in [2.75, 3.05) is 13.1 Å². The van der Waals surface area contributed by atoms with E-state index < -0.39 is 0 Å². The predicted octanol–water partition coefficient (Wildman–Crippen LogP) is 2.46. The Labute approximate surface area is 144 Å². The molecular formula is C17H26ClN5. The summed E-state index contributed by atoms with van der Waals surface area (Å²) in [5.41, 5.74) is 9.85. The van der Waals surface area contributed by atoms with Crippen molar-refractivity contribution in [3.05, 3.63) is 36.3 Å². The van der Waals surface area contributed by atoms with Crippen molar-refractivity contribution < 1.29 is 0 Å². The zero-order valence-electron chi connectivity index (χ0n) is 14.1. The summed E-state index contributed by atoms with van der Waals surface area (Å²) in [6.45, 7) is 7.52. The molecule has 1 atom stereocenters. The molecule has 23 heavy (non-hydrogen) atoms. The molecule has 1 saturated heterocycles. The summed E-state index contributed by atoms with van der Waals surface area (Å²) in [6, 6.07) is 4.32. The van der Waals surface area contributed by atoms with E-state index in [-0.39, 0.29) is 23.9 Å². The van der Waals surface area contributed by atoms with Crippen LogP contribution >= 0.6 is 12.4 Å². The first-order chi connectivity index (χ1) is 10.5. The maximum Gasteiger partial charge on any atom is 0.0969 e. The Kier molecular flexibility index (Phi) is 5.45. The van der Waals surface area contributed by atoms with E-state index in [1.165, 1.54) is 5.56 Å². The van der Waals surface area contributed by atoms with Gasteiger partial charge >= 0.3 is 0 Å². The standard InChI is InChI=1S/C17H25N5.ClH/c1-17(2)12-22(9-6-15(17)18)11-14-10-21(3)20-16(14)13-4-7-19-8-5-13;/h4-5,7-8,10,15H,6,9,11-12,18H2,1-3H3;1H. The second-order valence-electron chi connectivity index (χ2n) is 7.01. The number of piperidine rings is 1. The number of likely N-dealkylation sites (tertiary alicyclic amines) is 1. The van der Waals surface area contributed by atoms with E-state index in [0.29, 0.717) is 0 Å². The Bertz CT molecular complexity index is 638. The van der Waals surface area contributed by atoms with Crippen molar-refractivity contribution in [3.8, 4) is 11.3 Å². The second kappa shape index (κ2) is 6.99. The molecule has 1 fully saturated rings. The van der Waals surface area contributed by atoms with E-state index in [4.69, 9.17) is 5.73 Å². The normalized spacial score (nSPS) is 21.0. The van der Waals surface area contributed by atoms with E-state index >= 15 is 0 Å². The van der Waals surface area contributed by atoms with Crippen LogP contribution in [0.15, 0.2) is 30.7 Å². The number of rotatable bonds is 3. The Hall–Kier alpha value is -1.43. The van der Waals surface area contributed by atoms with Crippen LogP contribution in [-0.2, 0) is 13.6 Å². The lowest BCUT2D eigenvalue weighted by Gasteiger charge is -2.42. The van der Waals surface area contributed by atoms with Crippen molar-refractivity contribution in [1.29, 1.82) is 0 Å². The van der Waals surface area contributed by atoms with E-state index in [1.54, 1.807) is 0 Å². The van der Waals surface area contributed by atoms with Gasteiger partial charge in [0.15, 0.2) is 0 Å². The molecule has 1 unspecified atom stereocenters. The molecule has 3 rings (SSSR count). The molecule has 0 spiro atoms. The molecule has 3 heterocycles. The number of aryl methyl sites for hydroxylation is 1. The average Bonchev–Trinajstić information content (AvgIpc) is 2.84. The van der Waals surface area contributed by atoms with Gasteiger partial charge in [-0.2, -0.15) is 5.10 Å². The highest BCUT2D eigenvalue weighted by molar-refractivity contribution is 5.85. The first-order valence-corrected chi connectivity index (χ1v) is 7.86. The van der Waals surface area contributed by atoms with Gasteiger partial charge in [0, 0.05) is 62.4 Å². The molecule has 0 bridgehead atoms. The minimum atomic E-state index is 0. The van der Waals surface area contributed by atoms with E-state index in [2.05, 4.69) is 35.0 Å². The number of halogens is 1. The fourth-order valence-electron chi connectivity index (χ4n) is 3.27. The van der Waals surface area contributed by atoms with Crippen LogP contribution in [-0.4, -0.2) is 38.8 Å². The zero-order valence-corrected chi connectivity index (χ0v) is 14.9. The second-order valence-corrected chi connectivity index (χ2v) is 7.01. The van der Waals surface area contributed by atoms with Gasteiger partial charge in [0.05, 0.1) is 5.69 Å². The van der Waals surface area contributed by atoms with Gasteiger partial charge in [-0.15, -0.1) is 12.4 Å². The third kappa shape index (κ3) is 3.91. The maximum absolute atomic E-state index is 6.24. The van der Waals surface area contributed by atoms with Crippen LogP contribution in [0.2, 0.25) is 0 Å². The molecule has 0 aliphatic carbocycles. The molecule has 0 aromatic carbocycles. The van der Waals surface area contributed by atoms with Gasteiger partial charge in [0.1, 0.15) is 0 Å². The molecule has 0 saturated carbocycles. The molecule has 2 aromatic rings. The third-order valence-corrected chi connectivity index (χ3v) is 4.64. The molecule has 126 valence electrons. The topological polar surface area (TPSA) is 60.0 Å². The van der Waals surface area contributed by atoms with Crippen LogP contribution in [0, 0.1) is 5.41 Å². The van der Waals surface area contributed by atoms with Crippen molar-refractivity contribution in [1.82, 2.24) is 19.7 Å². The van der Waals surface area contributed by atoms with Gasteiger partial charge in [0.2, 0.25) is 0 Å². The highest BCUT2D eigenvalue weighted by Crippen LogP contribution is 2.30. The minimum absolute atomic E-state index is 0. The van der Waals surface area contributed by atoms with E-state index in [1.807, 2.05) is 36.3 Å². The van der Waals surface area contributed by atoms with Crippen molar-refractivity contribution in [3.63, 3.8) is 0 Å². The number of nitrogens with two attached hydrogens (primary N) is 1. The third-order valence-electron chi connectivity index (χ3n) is 4.64. The maximum atomic E-state index is 6.24. The quantitative estimate of drug-likeness (QED) is 0.936. The van der Waals surface area contributed by atoms with Crippen LogP contribution in [0.5, 0.6) is 0 Å². The zero-order chi connectivity index (χ0) is 15.7. The molecule has 1 aliphatic heterocycles. The average molecular weight is 336 g/mol. The number of pyridine rings is 1. The summed E-state index contributed by atoms with van der Waals surface area (Å²) in [4.78, 5) is 6.58. The summed E-state index contributed by atoms with van der Waals surface area (Å²) in [7, 11) is 1.98. The lowest BCUT2D eigenvalue weighted by atomic mass is 9.79. The molecule has 2 aromatic heterocycles. The van der Waals surface area contributed by atoms with Crippen LogP contribution in [0.4, 0.5) is 0 Å². The van der Waals surface area contributed by atoms with E-state index in [0.717, 1.165) is 37.3 Å². The number of hydrogen-bond acceptors (Lipinski definition) is 4. The van der Waals surface area contributed by atoms with Gasteiger partial charge in [-0.25, -0.2) is 0 Å². The number of nitrogens with zero attached hydrogens (tertiary/aromatic N) is 4. The van der Waals surface area contributed by atoms with E-state index in [9.17, 15) is 0 Å². The lowest BCUT2D eigenvalue weighted by molar-refractivity contribution is 0.0900. The smallest absolute Gasteiger partial charge is 0.0969 e. The van der Waals surface area contributed by atoms with Crippen molar-refractivity contribution in [2.24, 2.45) is 18.2 Å². The van der Waals surface area contributed by atoms with Gasteiger partial charge in [0.25, 0.3) is 0 Å². The fourth-order valence-corrected chi connectivity index (χ4v) is 3.27. The van der Waals surface area contributed by atoms with Crippen molar-refractivity contribution in [2.45, 2.75) is 32.9 Å². The molecule has 0 radical (unpaired) electrons. The van der Waals surface area contributed by atoms with Gasteiger partial charge < -0.3 is 5.73 Å².